The summed E-state index contributed by atoms with van der Waals surface area (Å²) >= 11 is 5.44. The summed E-state index contributed by atoms with van der Waals surface area (Å²) in [6.07, 6.45) is -0.415. The van der Waals surface area contributed by atoms with E-state index in [4.69, 9.17) is 21.5 Å². The van der Waals surface area contributed by atoms with E-state index in [0.717, 1.165) is 11.1 Å². The molecule has 0 amide bonds. The molecule has 7 unspecified atom stereocenters. The van der Waals surface area contributed by atoms with Crippen molar-refractivity contribution >= 4 is 24.9 Å². The Morgan fingerprint density at radius 3 is 2.45 bits per heavy atom. The van der Waals surface area contributed by atoms with Crippen LogP contribution in [0.4, 0.5) is 0 Å². The van der Waals surface area contributed by atoms with Gasteiger partial charge < -0.3 is 40.1 Å². The van der Waals surface area contributed by atoms with Crippen LogP contribution in [0, 0.1) is 0 Å². The first-order chi connectivity index (χ1) is 15.3. The number of hydrogen-bond acceptors (Lipinski definition) is 8. The van der Waals surface area contributed by atoms with E-state index in [1.54, 1.807) is 38.8 Å². The maximum Gasteiger partial charge on any atom is 0.359 e. The van der Waals surface area contributed by atoms with Crippen molar-refractivity contribution in [2.75, 3.05) is 0 Å². The highest BCUT2D eigenvalue weighted by atomic mass is 32.1. The second kappa shape index (κ2) is 9.54. The second-order valence-corrected chi connectivity index (χ2v) is 11.7. The van der Waals surface area contributed by atoms with E-state index < -0.39 is 43.1 Å². The third kappa shape index (κ3) is 4.88. The maximum atomic E-state index is 13.0. The molecule has 0 aromatic carbocycles. The van der Waals surface area contributed by atoms with E-state index in [1.165, 1.54) is 0 Å². The van der Waals surface area contributed by atoms with Gasteiger partial charge in [0.1, 0.15) is 18.4 Å². The lowest BCUT2D eigenvalue weighted by Gasteiger charge is -2.39. The molecule has 3 rings (SSSR count). The van der Waals surface area contributed by atoms with Gasteiger partial charge in [-0.2, -0.15) is 0 Å². The Morgan fingerprint density at radius 1 is 1.24 bits per heavy atom. The molecule has 0 aromatic rings. The fourth-order valence-corrected chi connectivity index (χ4v) is 6.38. The summed E-state index contributed by atoms with van der Waals surface area (Å²) in [5.41, 5.74) is 0.759. The average Bonchev–Trinajstić information content (AvgIpc) is 3.25. The van der Waals surface area contributed by atoms with Crippen molar-refractivity contribution in [3.63, 3.8) is 0 Å². The number of aliphatic hydroxyl groups is 3. The molecule has 3 heterocycles. The Morgan fingerprint density at radius 2 is 1.88 bits per heavy atom. The summed E-state index contributed by atoms with van der Waals surface area (Å²) in [7, 11) is -4.42. The van der Waals surface area contributed by atoms with Crippen LogP contribution >= 0.6 is 19.8 Å². The summed E-state index contributed by atoms with van der Waals surface area (Å²) in [5.74, 6) is 0. The topological polar surface area (TPSA) is 144 Å². The average molecular weight is 506 g/mol. The molecular formula is C21H36N3O7PS. The van der Waals surface area contributed by atoms with E-state index in [0.29, 0.717) is 11.5 Å². The Balaban J connectivity index is 1.78. The lowest BCUT2D eigenvalue weighted by Crippen LogP contribution is -2.56. The van der Waals surface area contributed by atoms with Crippen molar-refractivity contribution in [1.29, 1.82) is 0 Å². The highest BCUT2D eigenvalue weighted by Crippen LogP contribution is 2.60. The van der Waals surface area contributed by atoms with Crippen LogP contribution < -0.4 is 10.6 Å². The van der Waals surface area contributed by atoms with Crippen LogP contribution in [0.3, 0.4) is 0 Å². The van der Waals surface area contributed by atoms with Gasteiger partial charge in [-0.05, 0) is 50.9 Å². The predicted molar refractivity (Wildman–Crippen MR) is 127 cm³/mol. The molecule has 0 aromatic heterocycles. The van der Waals surface area contributed by atoms with Gasteiger partial charge in [-0.3, -0.25) is 9.46 Å². The van der Waals surface area contributed by atoms with Crippen molar-refractivity contribution in [2.45, 2.75) is 102 Å². The molecule has 0 aliphatic carbocycles. The van der Waals surface area contributed by atoms with Gasteiger partial charge in [0, 0.05) is 24.4 Å². The Kier molecular flexibility index (Phi) is 7.68. The summed E-state index contributed by atoms with van der Waals surface area (Å²) in [5, 5.41) is 36.9. The van der Waals surface area contributed by atoms with E-state index in [1.807, 2.05) is 13.1 Å². The SMILES string of the molecule is CCC(C)(CC1OC(N2C=C3C(C)=CNC3NC2=S)C(O)C1O)OP(=O)(O)C(O)(CC)CC. The van der Waals surface area contributed by atoms with Crippen LogP contribution in [0.5, 0.6) is 0 Å². The number of fused-ring (bicyclic) bond motifs is 1. The summed E-state index contributed by atoms with van der Waals surface area (Å²) in [6, 6.07) is 0. The fraction of sp³-hybridized carbons (Fsp3) is 0.762. The molecule has 0 bridgehead atoms. The number of nitrogens with one attached hydrogen (secondary N) is 2. The summed E-state index contributed by atoms with van der Waals surface area (Å²) in [6.45, 7) is 8.60. The van der Waals surface area contributed by atoms with Crippen molar-refractivity contribution < 1.29 is 34.0 Å². The first-order valence-electron chi connectivity index (χ1n) is 11.3. The van der Waals surface area contributed by atoms with Gasteiger partial charge in [-0.1, -0.05) is 20.8 Å². The second-order valence-electron chi connectivity index (χ2n) is 9.22. The van der Waals surface area contributed by atoms with Gasteiger partial charge in [-0.15, -0.1) is 0 Å². The molecule has 3 aliphatic rings. The molecule has 1 fully saturated rings. The zero-order valence-corrected chi connectivity index (χ0v) is 21.4. The molecule has 0 spiro atoms. The summed E-state index contributed by atoms with van der Waals surface area (Å²) < 4.78 is 24.6. The minimum absolute atomic E-state index is 0.0278. The zero-order valence-electron chi connectivity index (χ0n) is 19.7. The molecule has 0 saturated carbocycles. The third-order valence-corrected chi connectivity index (χ3v) is 9.71. The highest BCUT2D eigenvalue weighted by molar-refractivity contribution is 7.80. The number of thiocarbonyl (C=S) groups is 1. The largest absolute Gasteiger partial charge is 0.388 e. The number of ether oxygens (including phenoxy) is 1. The predicted octanol–water partition coefficient (Wildman–Crippen LogP) is 1.61. The molecule has 6 N–H and O–H groups in total. The summed E-state index contributed by atoms with van der Waals surface area (Å²) in [4.78, 5) is 12.1. The van der Waals surface area contributed by atoms with Crippen LogP contribution in [0.1, 0.15) is 60.3 Å². The maximum absolute atomic E-state index is 13.0. The van der Waals surface area contributed by atoms with Crippen molar-refractivity contribution in [1.82, 2.24) is 15.5 Å². The third-order valence-electron chi connectivity index (χ3n) is 7.01. The molecule has 33 heavy (non-hydrogen) atoms. The first kappa shape index (κ1) is 26.6. The van der Waals surface area contributed by atoms with E-state index in [9.17, 15) is 24.8 Å². The van der Waals surface area contributed by atoms with Crippen molar-refractivity contribution in [2.24, 2.45) is 0 Å². The normalized spacial score (nSPS) is 33.4. The monoisotopic (exact) mass is 505 g/mol. The Bertz CT molecular complexity index is 880. The Labute approximate surface area is 200 Å². The van der Waals surface area contributed by atoms with Crippen LogP contribution in [0.15, 0.2) is 23.5 Å². The van der Waals surface area contributed by atoms with Crippen molar-refractivity contribution in [3.8, 4) is 0 Å². The lowest BCUT2D eigenvalue weighted by atomic mass is 9.93. The highest BCUT2D eigenvalue weighted by Gasteiger charge is 2.52. The minimum Gasteiger partial charge on any atom is -0.388 e. The van der Waals surface area contributed by atoms with Crippen LogP contribution in [-0.4, -0.2) is 71.9 Å². The van der Waals surface area contributed by atoms with E-state index >= 15 is 0 Å². The lowest BCUT2D eigenvalue weighted by molar-refractivity contribution is -0.0747. The zero-order chi connectivity index (χ0) is 24.8. The molecule has 7 atom stereocenters. The molecule has 10 nitrogen and oxygen atoms in total. The van der Waals surface area contributed by atoms with Gasteiger partial charge in [0.2, 0.25) is 0 Å². The van der Waals surface area contributed by atoms with Gasteiger partial charge in [0.05, 0.1) is 11.7 Å². The van der Waals surface area contributed by atoms with Crippen LogP contribution in [0.2, 0.25) is 0 Å². The van der Waals surface area contributed by atoms with E-state index in [2.05, 4.69) is 10.6 Å². The van der Waals surface area contributed by atoms with Crippen molar-refractivity contribution in [3.05, 3.63) is 23.5 Å². The van der Waals surface area contributed by atoms with E-state index in [-0.39, 0.29) is 25.4 Å². The number of aliphatic hydroxyl groups excluding tert-OH is 2. The smallest absolute Gasteiger partial charge is 0.359 e. The van der Waals surface area contributed by atoms with Gasteiger partial charge in [0.25, 0.3) is 0 Å². The van der Waals surface area contributed by atoms with Gasteiger partial charge >= 0.3 is 7.60 Å². The molecular weight excluding hydrogens is 469 g/mol. The standard InChI is InChI=1S/C21H36N3O7PS/c1-6-20(5,31-32(28,29)21(27,7-2)8-3)9-14-15(25)16(26)18(30-14)24-11-13-12(4)10-22-17(13)23-19(24)33/h10-11,14-18,22,25-27H,6-9H2,1-5H3,(H,23,33)(H,28,29). The van der Waals surface area contributed by atoms with Crippen LogP contribution in [0.25, 0.3) is 0 Å². The molecule has 188 valence electrons. The number of rotatable bonds is 9. The first-order valence-corrected chi connectivity index (χ1v) is 13.3. The fourth-order valence-electron chi connectivity index (χ4n) is 4.33. The molecule has 3 aliphatic heterocycles. The molecule has 0 radical (unpaired) electrons. The minimum atomic E-state index is -4.42. The van der Waals surface area contributed by atoms with Crippen LogP contribution in [-0.2, 0) is 13.8 Å². The molecule has 1 saturated heterocycles. The quantitative estimate of drug-likeness (QED) is 0.201. The van der Waals surface area contributed by atoms with Gasteiger partial charge in [0.15, 0.2) is 16.7 Å². The number of hydrogen-bond donors (Lipinski definition) is 6. The van der Waals surface area contributed by atoms with Gasteiger partial charge in [-0.25, -0.2) is 0 Å². The molecule has 12 heteroatoms. The number of nitrogens with zero attached hydrogens (tertiary/aromatic N) is 1. The Hall–Kier alpha value is -1.04.